The molecule has 0 heterocycles. The molecule has 0 unspecified atom stereocenters. The van der Waals surface area contributed by atoms with Crippen LogP contribution in [0, 0.1) is 0 Å². The van der Waals surface area contributed by atoms with Gasteiger partial charge in [0, 0.05) is 5.69 Å². The highest BCUT2D eigenvalue weighted by molar-refractivity contribution is 5.93. The molecule has 0 radical (unpaired) electrons. The number of carbonyl (C=O) groups is 2. The lowest BCUT2D eigenvalue weighted by Gasteiger charge is -2.24. The summed E-state index contributed by atoms with van der Waals surface area (Å²) in [5, 5.41) is 11.8. The van der Waals surface area contributed by atoms with Gasteiger partial charge in [-0.15, -0.1) is 12.4 Å². The maximum atomic E-state index is 12.2. The lowest BCUT2D eigenvalue weighted by molar-refractivity contribution is -0.138. The third kappa shape index (κ3) is 7.48. The highest BCUT2D eigenvalue weighted by Gasteiger charge is 2.19. The molecule has 0 aliphatic heterocycles. The van der Waals surface area contributed by atoms with Gasteiger partial charge in [-0.1, -0.05) is 45.9 Å². The van der Waals surface area contributed by atoms with E-state index in [1.165, 1.54) is 0 Å². The fraction of sp³-hybridized carbons (Fsp3) is 0.529. The molecule has 0 saturated carbocycles. The van der Waals surface area contributed by atoms with Crippen LogP contribution in [0.2, 0.25) is 0 Å². The summed E-state index contributed by atoms with van der Waals surface area (Å²) in [6.07, 6.45) is 0.805. The van der Waals surface area contributed by atoms with E-state index in [9.17, 15) is 9.59 Å². The van der Waals surface area contributed by atoms with Gasteiger partial charge < -0.3 is 10.4 Å². The fourth-order valence-electron chi connectivity index (χ4n) is 2.36. The summed E-state index contributed by atoms with van der Waals surface area (Å²) in [6.45, 7) is 8.77. The molecule has 1 aromatic carbocycles. The first kappa shape index (κ1) is 21.4. The summed E-state index contributed by atoms with van der Waals surface area (Å²) in [5.41, 5.74) is 1.77. The maximum absolute atomic E-state index is 12.2. The number of carbonyl (C=O) groups excluding carboxylic acids is 1. The monoisotopic (exact) mass is 342 g/mol. The third-order valence-corrected chi connectivity index (χ3v) is 3.28. The van der Waals surface area contributed by atoms with Crippen LogP contribution in [0.5, 0.6) is 0 Å². The minimum atomic E-state index is -0.920. The van der Waals surface area contributed by atoms with Crippen LogP contribution >= 0.6 is 12.4 Å². The second kappa shape index (κ2) is 9.53. The Bertz CT molecular complexity index is 527. The van der Waals surface area contributed by atoms with Crippen molar-refractivity contribution in [2.45, 2.75) is 39.5 Å². The lowest BCUT2D eigenvalue weighted by Crippen LogP contribution is -2.37. The van der Waals surface area contributed by atoms with Crippen molar-refractivity contribution >= 4 is 30.0 Å². The number of rotatable bonds is 7. The van der Waals surface area contributed by atoms with E-state index in [2.05, 4.69) is 26.1 Å². The van der Waals surface area contributed by atoms with E-state index in [-0.39, 0.29) is 36.8 Å². The summed E-state index contributed by atoms with van der Waals surface area (Å²) in [4.78, 5) is 24.7. The van der Waals surface area contributed by atoms with Crippen LogP contribution in [0.25, 0.3) is 0 Å². The second-order valence-electron chi connectivity index (χ2n) is 6.45. The maximum Gasteiger partial charge on any atom is 0.317 e. The number of para-hydroxylation sites is 1. The molecule has 1 rings (SSSR count). The second-order valence-corrected chi connectivity index (χ2v) is 6.45. The topological polar surface area (TPSA) is 69.6 Å². The van der Waals surface area contributed by atoms with E-state index >= 15 is 0 Å². The number of benzene rings is 1. The molecule has 0 atom stereocenters. The predicted molar refractivity (Wildman–Crippen MR) is 95.4 cm³/mol. The van der Waals surface area contributed by atoms with Gasteiger partial charge in [-0.2, -0.15) is 0 Å². The number of nitrogens with one attached hydrogen (secondary N) is 1. The van der Waals surface area contributed by atoms with Crippen molar-refractivity contribution in [2.24, 2.45) is 0 Å². The first-order valence-corrected chi connectivity index (χ1v) is 7.57. The number of aliphatic carboxylic acids is 1. The van der Waals surface area contributed by atoms with E-state index in [0.717, 1.165) is 17.7 Å². The Morgan fingerprint density at radius 1 is 1.17 bits per heavy atom. The molecule has 1 amide bonds. The molecule has 0 aliphatic rings. The molecule has 2 N–H and O–H groups in total. The molecule has 0 saturated heterocycles. The van der Waals surface area contributed by atoms with E-state index in [4.69, 9.17) is 5.11 Å². The van der Waals surface area contributed by atoms with Crippen LogP contribution in [-0.4, -0.2) is 41.5 Å². The van der Waals surface area contributed by atoms with E-state index in [1.807, 2.05) is 31.2 Å². The average Bonchev–Trinajstić information content (AvgIpc) is 2.37. The average molecular weight is 343 g/mol. The van der Waals surface area contributed by atoms with Crippen molar-refractivity contribution in [1.82, 2.24) is 4.90 Å². The molecular formula is C17H27ClN2O3. The van der Waals surface area contributed by atoms with Crippen molar-refractivity contribution in [3.8, 4) is 0 Å². The van der Waals surface area contributed by atoms with Crippen LogP contribution in [0.15, 0.2) is 24.3 Å². The Balaban J connectivity index is 0.00000484. The Kier molecular flexibility index (Phi) is 8.87. The minimum absolute atomic E-state index is 0. The van der Waals surface area contributed by atoms with Gasteiger partial charge in [0.2, 0.25) is 5.91 Å². The molecular weight excluding hydrogens is 316 g/mol. The van der Waals surface area contributed by atoms with E-state index < -0.39 is 5.97 Å². The number of halogens is 1. The zero-order chi connectivity index (χ0) is 16.8. The first-order valence-electron chi connectivity index (χ1n) is 7.57. The van der Waals surface area contributed by atoms with Crippen LogP contribution in [0.4, 0.5) is 5.69 Å². The predicted octanol–water partition coefficient (Wildman–Crippen LogP) is 3.14. The summed E-state index contributed by atoms with van der Waals surface area (Å²) in [7, 11) is 0. The molecule has 1 aromatic rings. The molecule has 0 bridgehead atoms. The van der Waals surface area contributed by atoms with Gasteiger partial charge in [0.25, 0.3) is 0 Å². The van der Waals surface area contributed by atoms with Gasteiger partial charge in [-0.05, 0) is 30.0 Å². The van der Waals surface area contributed by atoms with Crippen molar-refractivity contribution < 1.29 is 14.7 Å². The Morgan fingerprint density at radius 3 is 2.30 bits per heavy atom. The first-order chi connectivity index (χ1) is 10.2. The Morgan fingerprint density at radius 2 is 1.78 bits per heavy atom. The van der Waals surface area contributed by atoms with Crippen molar-refractivity contribution in [1.29, 1.82) is 0 Å². The molecule has 0 fully saturated rings. The number of hydrogen-bond acceptors (Lipinski definition) is 3. The smallest absolute Gasteiger partial charge is 0.317 e. The molecule has 23 heavy (non-hydrogen) atoms. The van der Waals surface area contributed by atoms with Gasteiger partial charge in [-0.25, -0.2) is 0 Å². The highest BCUT2D eigenvalue weighted by atomic mass is 35.5. The number of carboxylic acids is 1. The van der Waals surface area contributed by atoms with E-state index in [1.54, 1.807) is 4.90 Å². The highest BCUT2D eigenvalue weighted by Crippen LogP contribution is 2.29. The van der Waals surface area contributed by atoms with Crippen molar-refractivity contribution in [3.63, 3.8) is 0 Å². The largest absolute Gasteiger partial charge is 0.480 e. The lowest BCUT2D eigenvalue weighted by atomic mass is 9.86. The van der Waals surface area contributed by atoms with Crippen molar-refractivity contribution in [2.75, 3.05) is 25.0 Å². The fourth-order valence-corrected chi connectivity index (χ4v) is 2.36. The van der Waals surface area contributed by atoms with Crippen LogP contribution in [0.3, 0.4) is 0 Å². The Labute approximate surface area is 144 Å². The van der Waals surface area contributed by atoms with Gasteiger partial charge in [-0.3, -0.25) is 14.5 Å². The zero-order valence-electron chi connectivity index (χ0n) is 14.3. The summed E-state index contributed by atoms with van der Waals surface area (Å²) >= 11 is 0. The summed E-state index contributed by atoms with van der Waals surface area (Å²) in [5.74, 6) is -1.11. The van der Waals surface area contributed by atoms with E-state index in [0.29, 0.717) is 6.54 Å². The van der Waals surface area contributed by atoms with Gasteiger partial charge >= 0.3 is 5.97 Å². The molecule has 130 valence electrons. The van der Waals surface area contributed by atoms with Crippen LogP contribution in [-0.2, 0) is 15.0 Å². The molecule has 6 heteroatoms. The standard InChI is InChI=1S/C17H26N2O3.ClH/c1-5-10-19(12-16(21)22)11-15(20)18-14-9-7-6-8-13(14)17(2,3)4;/h6-9H,5,10-12H2,1-4H3,(H,18,20)(H,21,22);1H. The minimum Gasteiger partial charge on any atom is -0.480 e. The normalized spacial score (nSPS) is 11.0. The van der Waals surface area contributed by atoms with Gasteiger partial charge in [0.05, 0.1) is 13.1 Å². The number of nitrogens with zero attached hydrogens (tertiary/aromatic N) is 1. The number of carboxylic acid groups (broad SMARTS) is 1. The number of hydrogen-bond donors (Lipinski definition) is 2. The molecule has 0 aromatic heterocycles. The van der Waals surface area contributed by atoms with Crippen LogP contribution in [0.1, 0.15) is 39.7 Å². The van der Waals surface area contributed by atoms with Gasteiger partial charge in [0.15, 0.2) is 0 Å². The Hall–Kier alpha value is -1.59. The quantitative estimate of drug-likeness (QED) is 0.798. The number of anilines is 1. The SMILES string of the molecule is CCCN(CC(=O)O)CC(=O)Nc1ccccc1C(C)(C)C.Cl. The van der Waals surface area contributed by atoms with Crippen molar-refractivity contribution in [3.05, 3.63) is 29.8 Å². The molecule has 0 spiro atoms. The molecule has 5 nitrogen and oxygen atoms in total. The third-order valence-electron chi connectivity index (χ3n) is 3.28. The van der Waals surface area contributed by atoms with Crippen LogP contribution < -0.4 is 5.32 Å². The summed E-state index contributed by atoms with van der Waals surface area (Å²) in [6, 6.07) is 7.70. The van der Waals surface area contributed by atoms with Gasteiger partial charge in [0.1, 0.15) is 0 Å². The summed E-state index contributed by atoms with van der Waals surface area (Å²) < 4.78 is 0. The number of amides is 1. The zero-order valence-corrected chi connectivity index (χ0v) is 15.1. The molecule has 0 aliphatic carbocycles.